The summed E-state index contributed by atoms with van der Waals surface area (Å²) in [4.78, 5) is 40.8. The van der Waals surface area contributed by atoms with Gasteiger partial charge in [0, 0.05) is 37.3 Å². The minimum absolute atomic E-state index is 0.0507. The van der Waals surface area contributed by atoms with E-state index in [9.17, 15) is 14.4 Å². The maximum Gasteiger partial charge on any atom is 0.307 e. The molecule has 1 saturated heterocycles. The third-order valence-corrected chi connectivity index (χ3v) is 5.44. The van der Waals surface area contributed by atoms with Gasteiger partial charge in [-0.2, -0.15) is 0 Å². The summed E-state index contributed by atoms with van der Waals surface area (Å²) in [6.07, 6.45) is 2.25. The van der Waals surface area contributed by atoms with Crippen LogP contribution in [0.3, 0.4) is 0 Å². The minimum atomic E-state index is -0.404. The van der Waals surface area contributed by atoms with Crippen LogP contribution in [0.25, 0.3) is 0 Å². The molecule has 1 aliphatic carbocycles. The van der Waals surface area contributed by atoms with E-state index in [1.54, 1.807) is 28.9 Å². The summed E-state index contributed by atoms with van der Waals surface area (Å²) in [7, 11) is 0. The van der Waals surface area contributed by atoms with Crippen molar-refractivity contribution in [2.75, 3.05) is 37.8 Å². The van der Waals surface area contributed by atoms with Crippen LogP contribution in [0.4, 0.5) is 5.69 Å². The Hall–Kier alpha value is -2.77. The number of benzene rings is 1. The molecule has 4 rings (SSSR count). The average Bonchev–Trinajstić information content (AvgIpc) is 3.48. The monoisotopic (exact) mass is 402 g/mol. The van der Waals surface area contributed by atoms with Crippen molar-refractivity contribution in [1.29, 1.82) is 0 Å². The van der Waals surface area contributed by atoms with Crippen LogP contribution >= 0.6 is 0 Å². The van der Waals surface area contributed by atoms with Gasteiger partial charge in [-0.3, -0.25) is 14.4 Å². The minimum Gasteiger partial charge on any atom is -0.486 e. The lowest BCUT2D eigenvalue weighted by Gasteiger charge is -2.25. The van der Waals surface area contributed by atoms with Crippen LogP contribution in [0.1, 0.15) is 32.6 Å². The SMILES string of the molecule is CCOC(=O)CCN(C(=O)[C@H]1CC(=O)N(c2ccc3c(c2)OCCO3)C1)C1CC1. The molecule has 8 heteroatoms. The van der Waals surface area contributed by atoms with Crippen molar-refractivity contribution in [2.24, 2.45) is 5.92 Å². The van der Waals surface area contributed by atoms with E-state index in [0.29, 0.717) is 50.1 Å². The van der Waals surface area contributed by atoms with Crippen LogP contribution in [-0.4, -0.2) is 61.6 Å². The third-order valence-electron chi connectivity index (χ3n) is 5.44. The number of anilines is 1. The molecule has 0 spiro atoms. The Kier molecular flexibility index (Phi) is 5.60. The first kappa shape index (κ1) is 19.5. The van der Waals surface area contributed by atoms with Crippen LogP contribution in [0.15, 0.2) is 18.2 Å². The number of hydrogen-bond donors (Lipinski definition) is 0. The van der Waals surface area contributed by atoms with Crippen LogP contribution in [0, 0.1) is 5.92 Å². The normalized spacial score (nSPS) is 20.5. The summed E-state index contributed by atoms with van der Waals surface area (Å²) in [5.74, 6) is 0.444. The third kappa shape index (κ3) is 4.31. The van der Waals surface area contributed by atoms with E-state index in [4.69, 9.17) is 14.2 Å². The van der Waals surface area contributed by atoms with Crippen molar-refractivity contribution in [3.63, 3.8) is 0 Å². The summed E-state index contributed by atoms with van der Waals surface area (Å²) >= 11 is 0. The fourth-order valence-electron chi connectivity index (χ4n) is 3.86. The predicted octanol–water partition coefficient (Wildman–Crippen LogP) is 1.75. The summed E-state index contributed by atoms with van der Waals surface area (Å²) in [5, 5.41) is 0. The summed E-state index contributed by atoms with van der Waals surface area (Å²) in [5.41, 5.74) is 0.707. The summed E-state index contributed by atoms with van der Waals surface area (Å²) in [6.45, 7) is 3.75. The van der Waals surface area contributed by atoms with E-state index in [1.807, 2.05) is 6.07 Å². The lowest BCUT2D eigenvalue weighted by molar-refractivity contribution is -0.144. The number of rotatable bonds is 7. The molecule has 0 bridgehead atoms. The molecule has 1 atom stereocenters. The number of amides is 2. The number of hydrogen-bond acceptors (Lipinski definition) is 6. The Bertz CT molecular complexity index is 806. The van der Waals surface area contributed by atoms with Crippen LogP contribution in [-0.2, 0) is 19.1 Å². The van der Waals surface area contributed by atoms with Crippen LogP contribution < -0.4 is 14.4 Å². The second-order valence-corrected chi connectivity index (χ2v) is 7.55. The molecule has 0 aromatic heterocycles. The molecule has 2 amide bonds. The van der Waals surface area contributed by atoms with Gasteiger partial charge in [-0.25, -0.2) is 0 Å². The summed E-state index contributed by atoms with van der Waals surface area (Å²) in [6, 6.07) is 5.58. The highest BCUT2D eigenvalue weighted by atomic mass is 16.6. The van der Waals surface area contributed by atoms with Crippen molar-refractivity contribution in [3.8, 4) is 11.5 Å². The molecule has 156 valence electrons. The zero-order valence-electron chi connectivity index (χ0n) is 16.6. The van der Waals surface area contributed by atoms with E-state index in [2.05, 4.69) is 0 Å². The molecule has 2 heterocycles. The van der Waals surface area contributed by atoms with Crippen molar-refractivity contribution in [3.05, 3.63) is 18.2 Å². The van der Waals surface area contributed by atoms with E-state index in [0.717, 1.165) is 12.8 Å². The maximum atomic E-state index is 13.1. The van der Waals surface area contributed by atoms with Gasteiger partial charge in [0.2, 0.25) is 11.8 Å². The van der Waals surface area contributed by atoms with Crippen molar-refractivity contribution in [1.82, 2.24) is 4.90 Å². The van der Waals surface area contributed by atoms with Gasteiger partial charge in [-0.15, -0.1) is 0 Å². The lowest BCUT2D eigenvalue weighted by Crippen LogP contribution is -2.40. The molecule has 8 nitrogen and oxygen atoms in total. The molecule has 2 fully saturated rings. The van der Waals surface area contributed by atoms with Gasteiger partial charge >= 0.3 is 5.97 Å². The van der Waals surface area contributed by atoms with Gasteiger partial charge in [0.05, 0.1) is 18.9 Å². The first-order valence-corrected chi connectivity index (χ1v) is 10.2. The zero-order valence-corrected chi connectivity index (χ0v) is 16.6. The maximum absolute atomic E-state index is 13.1. The van der Waals surface area contributed by atoms with Gasteiger partial charge in [0.1, 0.15) is 13.2 Å². The number of fused-ring (bicyclic) bond motifs is 1. The van der Waals surface area contributed by atoms with Crippen molar-refractivity contribution < 1.29 is 28.6 Å². The average molecular weight is 402 g/mol. The number of esters is 1. The van der Waals surface area contributed by atoms with Crippen molar-refractivity contribution in [2.45, 2.75) is 38.6 Å². The first-order chi connectivity index (χ1) is 14.1. The molecule has 1 aromatic rings. The van der Waals surface area contributed by atoms with E-state index >= 15 is 0 Å². The molecule has 1 aromatic carbocycles. The largest absolute Gasteiger partial charge is 0.486 e. The highest BCUT2D eigenvalue weighted by Crippen LogP contribution is 2.37. The Morgan fingerprint density at radius 3 is 2.69 bits per heavy atom. The topological polar surface area (TPSA) is 85.4 Å². The van der Waals surface area contributed by atoms with Crippen LogP contribution in [0.2, 0.25) is 0 Å². The van der Waals surface area contributed by atoms with Crippen molar-refractivity contribution >= 4 is 23.5 Å². The predicted molar refractivity (Wildman–Crippen MR) is 104 cm³/mol. The van der Waals surface area contributed by atoms with Gasteiger partial charge in [-0.1, -0.05) is 0 Å². The Morgan fingerprint density at radius 2 is 1.97 bits per heavy atom. The van der Waals surface area contributed by atoms with Gasteiger partial charge in [0.15, 0.2) is 11.5 Å². The Morgan fingerprint density at radius 1 is 1.21 bits per heavy atom. The van der Waals surface area contributed by atoms with E-state index < -0.39 is 5.92 Å². The van der Waals surface area contributed by atoms with E-state index in [-0.39, 0.29) is 36.7 Å². The standard InChI is InChI=1S/C21H26N2O6/c1-2-27-20(25)7-8-22(15-3-4-15)21(26)14-11-19(24)23(13-14)16-5-6-17-18(12-16)29-10-9-28-17/h5-6,12,14-15H,2-4,7-11,13H2,1H3/t14-/m0/s1. The molecule has 2 aliphatic heterocycles. The molecular weight excluding hydrogens is 376 g/mol. The smallest absolute Gasteiger partial charge is 0.307 e. The quantitative estimate of drug-likeness (QED) is 0.646. The number of ether oxygens (including phenoxy) is 3. The molecule has 29 heavy (non-hydrogen) atoms. The molecule has 1 saturated carbocycles. The van der Waals surface area contributed by atoms with Gasteiger partial charge in [0.25, 0.3) is 0 Å². The second kappa shape index (κ2) is 8.31. The first-order valence-electron chi connectivity index (χ1n) is 10.2. The molecule has 0 radical (unpaired) electrons. The number of carbonyl (C=O) groups is 3. The second-order valence-electron chi connectivity index (χ2n) is 7.55. The Labute approximate surface area is 169 Å². The zero-order chi connectivity index (χ0) is 20.4. The number of carbonyl (C=O) groups excluding carboxylic acids is 3. The summed E-state index contributed by atoms with van der Waals surface area (Å²) < 4.78 is 16.1. The Balaban J connectivity index is 1.42. The fourth-order valence-corrected chi connectivity index (χ4v) is 3.86. The fraction of sp³-hybridized carbons (Fsp3) is 0.571. The highest BCUT2D eigenvalue weighted by molar-refractivity contribution is 6.00. The highest BCUT2D eigenvalue weighted by Gasteiger charge is 2.41. The van der Waals surface area contributed by atoms with Gasteiger partial charge < -0.3 is 24.0 Å². The lowest BCUT2D eigenvalue weighted by atomic mass is 10.1. The van der Waals surface area contributed by atoms with Gasteiger partial charge in [-0.05, 0) is 31.9 Å². The molecular formula is C21H26N2O6. The molecule has 3 aliphatic rings. The van der Waals surface area contributed by atoms with E-state index in [1.165, 1.54) is 0 Å². The number of nitrogens with zero attached hydrogens (tertiary/aromatic N) is 2. The molecule has 0 N–H and O–H groups in total. The van der Waals surface area contributed by atoms with Crippen LogP contribution in [0.5, 0.6) is 11.5 Å². The molecule has 0 unspecified atom stereocenters.